The van der Waals surface area contributed by atoms with Crippen LogP contribution in [0.15, 0.2) is 29.4 Å². The molecular formula is C15H19FN4OS. The molecule has 0 amide bonds. The van der Waals surface area contributed by atoms with Gasteiger partial charge in [-0.1, -0.05) is 11.8 Å². The van der Waals surface area contributed by atoms with Crippen molar-refractivity contribution in [3.8, 4) is 5.69 Å². The molecule has 7 heteroatoms. The van der Waals surface area contributed by atoms with E-state index in [0.29, 0.717) is 29.8 Å². The number of halogens is 1. The summed E-state index contributed by atoms with van der Waals surface area (Å²) < 4.78 is 15.0. The Labute approximate surface area is 132 Å². The van der Waals surface area contributed by atoms with Crippen LogP contribution in [0.25, 0.3) is 5.69 Å². The standard InChI is InChI=1S/C15H19FN4OS/c16-11-3-5-12(6-4-11)20-14(7-8-17)18-19-15(20)22-9-13(21)10-1-2-10/h3-6,10,13,21H,1-2,7-9,17H2/t13-/m1/s1. The number of aromatic nitrogens is 3. The van der Waals surface area contributed by atoms with E-state index in [-0.39, 0.29) is 11.9 Å². The van der Waals surface area contributed by atoms with Crippen molar-refractivity contribution in [2.24, 2.45) is 11.7 Å². The lowest BCUT2D eigenvalue weighted by molar-refractivity contribution is 0.176. The van der Waals surface area contributed by atoms with E-state index in [1.54, 1.807) is 12.1 Å². The molecule has 0 bridgehead atoms. The number of nitrogens with zero attached hydrogens (tertiary/aromatic N) is 3. The van der Waals surface area contributed by atoms with Gasteiger partial charge in [-0.2, -0.15) is 0 Å². The minimum atomic E-state index is -0.304. The van der Waals surface area contributed by atoms with Crippen LogP contribution in [0, 0.1) is 11.7 Å². The second kappa shape index (κ2) is 6.76. The third kappa shape index (κ3) is 3.48. The molecule has 1 fully saturated rings. The Kier molecular flexibility index (Phi) is 4.75. The molecule has 1 atom stereocenters. The van der Waals surface area contributed by atoms with Crippen molar-refractivity contribution in [2.45, 2.75) is 30.5 Å². The molecule has 1 aliphatic rings. The summed E-state index contributed by atoms with van der Waals surface area (Å²) in [6.45, 7) is 0.467. The summed E-state index contributed by atoms with van der Waals surface area (Å²) in [4.78, 5) is 0. The van der Waals surface area contributed by atoms with Gasteiger partial charge in [0.1, 0.15) is 11.6 Å². The highest BCUT2D eigenvalue weighted by Crippen LogP contribution is 2.35. The van der Waals surface area contributed by atoms with Crippen LogP contribution in [0.5, 0.6) is 0 Å². The topological polar surface area (TPSA) is 77.0 Å². The molecule has 5 nitrogen and oxygen atoms in total. The summed E-state index contributed by atoms with van der Waals surface area (Å²) >= 11 is 1.47. The highest BCUT2D eigenvalue weighted by Gasteiger charge is 2.30. The fourth-order valence-electron chi connectivity index (χ4n) is 2.31. The van der Waals surface area contributed by atoms with Crippen LogP contribution >= 0.6 is 11.8 Å². The second-order valence-corrected chi connectivity index (χ2v) is 6.45. The number of hydrogen-bond donors (Lipinski definition) is 2. The first kappa shape index (κ1) is 15.5. The molecule has 22 heavy (non-hydrogen) atoms. The fraction of sp³-hybridized carbons (Fsp3) is 0.467. The summed E-state index contributed by atoms with van der Waals surface area (Å²) in [5, 5.41) is 19.1. The molecule has 0 spiro atoms. The van der Waals surface area contributed by atoms with E-state index in [0.717, 1.165) is 24.4 Å². The summed E-state index contributed by atoms with van der Waals surface area (Å²) in [5.41, 5.74) is 6.43. The molecule has 0 unspecified atom stereocenters. The van der Waals surface area contributed by atoms with Crippen molar-refractivity contribution < 1.29 is 9.50 Å². The van der Waals surface area contributed by atoms with Gasteiger partial charge in [-0.3, -0.25) is 4.57 Å². The zero-order chi connectivity index (χ0) is 15.5. The van der Waals surface area contributed by atoms with Crippen LogP contribution < -0.4 is 5.73 Å². The number of thioether (sulfide) groups is 1. The Bertz CT molecular complexity index is 627. The Morgan fingerprint density at radius 1 is 1.32 bits per heavy atom. The molecule has 2 aromatic rings. The summed E-state index contributed by atoms with van der Waals surface area (Å²) in [5.74, 6) is 1.48. The van der Waals surface area contributed by atoms with E-state index in [1.165, 1.54) is 23.9 Å². The van der Waals surface area contributed by atoms with Gasteiger partial charge >= 0.3 is 0 Å². The lowest BCUT2D eigenvalue weighted by Gasteiger charge is -2.11. The Balaban J connectivity index is 1.83. The van der Waals surface area contributed by atoms with Gasteiger partial charge in [-0.05, 0) is 49.6 Å². The van der Waals surface area contributed by atoms with Gasteiger partial charge in [0.15, 0.2) is 5.16 Å². The third-order valence-electron chi connectivity index (χ3n) is 3.70. The fourth-order valence-corrected chi connectivity index (χ4v) is 3.34. The molecule has 1 saturated carbocycles. The molecule has 118 valence electrons. The van der Waals surface area contributed by atoms with Gasteiger partial charge in [-0.15, -0.1) is 10.2 Å². The number of hydrogen-bond acceptors (Lipinski definition) is 5. The van der Waals surface area contributed by atoms with Gasteiger partial charge < -0.3 is 10.8 Å². The molecule has 1 aliphatic carbocycles. The van der Waals surface area contributed by atoms with Crippen molar-refractivity contribution in [3.63, 3.8) is 0 Å². The zero-order valence-electron chi connectivity index (χ0n) is 12.2. The summed E-state index contributed by atoms with van der Waals surface area (Å²) in [7, 11) is 0. The maximum Gasteiger partial charge on any atom is 0.195 e. The minimum absolute atomic E-state index is 0.282. The normalized spacial score (nSPS) is 16.0. The van der Waals surface area contributed by atoms with E-state index in [1.807, 2.05) is 4.57 Å². The van der Waals surface area contributed by atoms with E-state index in [9.17, 15) is 9.50 Å². The predicted molar refractivity (Wildman–Crippen MR) is 83.5 cm³/mol. The monoisotopic (exact) mass is 322 g/mol. The van der Waals surface area contributed by atoms with E-state index in [4.69, 9.17) is 5.73 Å². The molecule has 3 rings (SSSR count). The number of nitrogens with two attached hydrogens (primary N) is 1. The van der Waals surface area contributed by atoms with Gasteiger partial charge in [0, 0.05) is 17.9 Å². The molecule has 1 heterocycles. The number of rotatable bonds is 7. The van der Waals surface area contributed by atoms with Crippen LogP contribution in [-0.4, -0.2) is 38.3 Å². The average Bonchev–Trinajstić information content (AvgIpc) is 3.29. The van der Waals surface area contributed by atoms with E-state index in [2.05, 4.69) is 10.2 Å². The van der Waals surface area contributed by atoms with Crippen molar-refractivity contribution in [3.05, 3.63) is 35.9 Å². The van der Waals surface area contributed by atoms with E-state index < -0.39 is 0 Å². The highest BCUT2D eigenvalue weighted by atomic mass is 32.2. The number of aliphatic hydroxyl groups is 1. The summed E-state index contributed by atoms with van der Waals surface area (Å²) in [6.07, 6.45) is 2.49. The number of aliphatic hydroxyl groups excluding tert-OH is 1. The highest BCUT2D eigenvalue weighted by molar-refractivity contribution is 7.99. The Hall–Kier alpha value is -1.44. The second-order valence-electron chi connectivity index (χ2n) is 5.47. The minimum Gasteiger partial charge on any atom is -0.392 e. The SMILES string of the molecule is NCCc1nnc(SC[C@@H](O)C2CC2)n1-c1ccc(F)cc1. The lowest BCUT2D eigenvalue weighted by atomic mass is 10.3. The van der Waals surface area contributed by atoms with Crippen molar-refractivity contribution in [1.82, 2.24) is 14.8 Å². The quantitative estimate of drug-likeness (QED) is 0.760. The largest absolute Gasteiger partial charge is 0.392 e. The molecule has 3 N–H and O–H groups in total. The molecule has 0 saturated heterocycles. The van der Waals surface area contributed by atoms with Crippen LogP contribution in [-0.2, 0) is 6.42 Å². The van der Waals surface area contributed by atoms with Gasteiger partial charge in [-0.25, -0.2) is 4.39 Å². The Morgan fingerprint density at radius 2 is 2.05 bits per heavy atom. The van der Waals surface area contributed by atoms with Gasteiger partial charge in [0.25, 0.3) is 0 Å². The van der Waals surface area contributed by atoms with Gasteiger partial charge in [0.05, 0.1) is 6.10 Å². The zero-order valence-corrected chi connectivity index (χ0v) is 13.0. The molecule has 1 aromatic carbocycles. The van der Waals surface area contributed by atoms with Crippen LogP contribution in [0.1, 0.15) is 18.7 Å². The van der Waals surface area contributed by atoms with Gasteiger partial charge in [0.2, 0.25) is 0 Å². The first-order valence-corrected chi connectivity index (χ1v) is 8.38. The lowest BCUT2D eigenvalue weighted by Crippen LogP contribution is -2.13. The van der Waals surface area contributed by atoms with Crippen molar-refractivity contribution in [1.29, 1.82) is 0 Å². The first-order chi connectivity index (χ1) is 10.7. The number of benzene rings is 1. The Morgan fingerprint density at radius 3 is 2.68 bits per heavy atom. The van der Waals surface area contributed by atoms with E-state index >= 15 is 0 Å². The average molecular weight is 322 g/mol. The maximum absolute atomic E-state index is 13.1. The third-order valence-corrected chi connectivity index (χ3v) is 4.73. The van der Waals surface area contributed by atoms with Crippen LogP contribution in [0.4, 0.5) is 4.39 Å². The van der Waals surface area contributed by atoms with Crippen molar-refractivity contribution in [2.75, 3.05) is 12.3 Å². The molecular weight excluding hydrogens is 303 g/mol. The first-order valence-electron chi connectivity index (χ1n) is 7.40. The predicted octanol–water partition coefficient (Wildman–Crippen LogP) is 1.77. The maximum atomic E-state index is 13.1. The van der Waals surface area contributed by atoms with Crippen molar-refractivity contribution >= 4 is 11.8 Å². The summed E-state index contributed by atoms with van der Waals surface area (Å²) in [6, 6.07) is 6.21. The van der Waals surface area contributed by atoms with Crippen LogP contribution in [0.3, 0.4) is 0 Å². The van der Waals surface area contributed by atoms with Crippen LogP contribution in [0.2, 0.25) is 0 Å². The molecule has 1 aromatic heterocycles. The molecule has 0 radical (unpaired) electrons. The molecule has 0 aliphatic heterocycles. The smallest absolute Gasteiger partial charge is 0.195 e.